The van der Waals surface area contributed by atoms with Gasteiger partial charge in [-0.3, -0.25) is 28.8 Å². The minimum absolute atomic E-state index is 0.544. The molecule has 0 aromatic heterocycles. The number of ketones is 2. The van der Waals surface area contributed by atoms with Gasteiger partial charge < -0.3 is 18.9 Å². The van der Waals surface area contributed by atoms with Gasteiger partial charge in [0.2, 0.25) is 0 Å². The Balaban J connectivity index is 2.75. The lowest BCUT2D eigenvalue weighted by Crippen LogP contribution is -2.65. The third kappa shape index (κ3) is 2.79. The van der Waals surface area contributed by atoms with Crippen molar-refractivity contribution < 1.29 is 47.7 Å². The number of methoxy groups -OCH3 is 4. The van der Waals surface area contributed by atoms with Crippen LogP contribution < -0.4 is 0 Å². The van der Waals surface area contributed by atoms with Crippen LogP contribution in [0.2, 0.25) is 0 Å². The highest BCUT2D eigenvalue weighted by molar-refractivity contribution is 6.21. The Kier molecular flexibility index (Phi) is 5.39. The Morgan fingerprint density at radius 1 is 0.704 bits per heavy atom. The molecule has 0 aromatic rings. The number of carbonyl (C=O) groups is 6. The molecular formula is C17H20O10. The van der Waals surface area contributed by atoms with Crippen molar-refractivity contribution in [2.75, 3.05) is 28.4 Å². The van der Waals surface area contributed by atoms with Crippen LogP contribution in [0, 0.1) is 22.7 Å². The number of esters is 4. The zero-order valence-corrected chi connectivity index (χ0v) is 15.4. The van der Waals surface area contributed by atoms with Gasteiger partial charge in [0.25, 0.3) is 0 Å². The van der Waals surface area contributed by atoms with E-state index in [1.807, 2.05) is 0 Å². The number of hydrogen-bond donors (Lipinski definition) is 0. The smallest absolute Gasteiger partial charge is 0.319 e. The number of carbonyl (C=O) groups excluding carboxylic acids is 6. The lowest BCUT2D eigenvalue weighted by Gasteiger charge is -2.50. The van der Waals surface area contributed by atoms with Gasteiger partial charge in [-0.2, -0.15) is 0 Å². The van der Waals surface area contributed by atoms with Crippen LogP contribution in [0.25, 0.3) is 0 Å². The predicted molar refractivity (Wildman–Crippen MR) is 83.8 cm³/mol. The Morgan fingerprint density at radius 2 is 1.04 bits per heavy atom. The standard InChI is InChI=1S/C17H20O10/c1-24-12(20)8-5-16(14(22)26-3)7-17(10(8)18,15(23)27-4)6-9(11(16)19)13(21)25-2/h8-9H,5-7H2,1-4H3/t8-,9-,16+,17+/m1/s1. The molecule has 0 unspecified atom stereocenters. The summed E-state index contributed by atoms with van der Waals surface area (Å²) in [5.41, 5.74) is -4.10. The van der Waals surface area contributed by atoms with E-state index in [0.29, 0.717) is 0 Å². The molecule has 27 heavy (non-hydrogen) atoms. The first-order valence-corrected chi connectivity index (χ1v) is 8.06. The quantitative estimate of drug-likeness (QED) is 0.344. The molecule has 0 radical (unpaired) electrons. The molecule has 2 aliphatic rings. The SMILES string of the molecule is COC(=O)[C@@H]1C[C@]2(C(=O)OC)C[C@@](C(=O)OC)(C[C@@H](C(=O)OC)C2=O)C1=O. The van der Waals surface area contributed by atoms with Crippen molar-refractivity contribution in [2.45, 2.75) is 19.3 Å². The summed E-state index contributed by atoms with van der Waals surface area (Å²) in [4.78, 5) is 75.5. The molecule has 0 N–H and O–H groups in total. The number of rotatable bonds is 4. The summed E-state index contributed by atoms with van der Waals surface area (Å²) in [5.74, 6) is -8.90. The first kappa shape index (κ1) is 20.5. The first-order chi connectivity index (χ1) is 12.6. The first-order valence-electron chi connectivity index (χ1n) is 8.06. The molecule has 2 bridgehead atoms. The molecule has 0 heterocycles. The summed E-state index contributed by atoms with van der Waals surface area (Å²) in [6.45, 7) is 0. The van der Waals surface area contributed by atoms with Crippen molar-refractivity contribution >= 4 is 35.4 Å². The Hall–Kier alpha value is -2.78. The zero-order valence-electron chi connectivity index (χ0n) is 15.4. The monoisotopic (exact) mass is 384 g/mol. The highest BCUT2D eigenvalue weighted by Crippen LogP contribution is 2.57. The van der Waals surface area contributed by atoms with E-state index in [-0.39, 0.29) is 0 Å². The molecule has 10 nitrogen and oxygen atoms in total. The van der Waals surface area contributed by atoms with Crippen molar-refractivity contribution in [3.63, 3.8) is 0 Å². The molecule has 0 aromatic carbocycles. The summed E-state index contributed by atoms with van der Waals surface area (Å²) in [6, 6.07) is 0. The van der Waals surface area contributed by atoms with Crippen LogP contribution in [0.3, 0.4) is 0 Å². The van der Waals surface area contributed by atoms with Crippen LogP contribution in [0.4, 0.5) is 0 Å². The molecule has 4 atom stereocenters. The van der Waals surface area contributed by atoms with Crippen molar-refractivity contribution in [3.8, 4) is 0 Å². The summed E-state index contributed by atoms with van der Waals surface area (Å²) >= 11 is 0. The van der Waals surface area contributed by atoms with Gasteiger partial charge in [0.05, 0.1) is 28.4 Å². The molecule has 0 amide bonds. The molecule has 2 saturated carbocycles. The maximum atomic E-state index is 13.1. The maximum Gasteiger partial charge on any atom is 0.319 e. The van der Waals surface area contributed by atoms with Gasteiger partial charge in [0.1, 0.15) is 22.7 Å². The van der Waals surface area contributed by atoms with Gasteiger partial charge >= 0.3 is 23.9 Å². The van der Waals surface area contributed by atoms with Crippen molar-refractivity contribution in [1.82, 2.24) is 0 Å². The fourth-order valence-corrected chi connectivity index (χ4v) is 4.15. The van der Waals surface area contributed by atoms with Crippen molar-refractivity contribution in [2.24, 2.45) is 22.7 Å². The highest BCUT2D eigenvalue weighted by atomic mass is 16.5. The van der Waals surface area contributed by atoms with Crippen molar-refractivity contribution in [1.29, 1.82) is 0 Å². The predicted octanol–water partition coefficient (Wildman–Crippen LogP) is -0.781. The molecule has 0 spiro atoms. The van der Waals surface area contributed by atoms with Gasteiger partial charge in [-0.05, 0) is 19.3 Å². The lowest BCUT2D eigenvalue weighted by molar-refractivity contribution is -0.188. The third-order valence-corrected chi connectivity index (χ3v) is 5.41. The average molecular weight is 384 g/mol. The van der Waals surface area contributed by atoms with Gasteiger partial charge in [-0.25, -0.2) is 0 Å². The molecule has 2 fully saturated rings. The summed E-state index contributed by atoms with van der Waals surface area (Å²) in [6.07, 6.45) is -1.66. The maximum absolute atomic E-state index is 13.1. The molecule has 2 aliphatic carbocycles. The second-order valence-corrected chi connectivity index (χ2v) is 6.61. The number of Topliss-reactive ketones (excluding diaryl/α,β-unsaturated/α-hetero) is 2. The highest BCUT2D eigenvalue weighted by Gasteiger charge is 2.71. The molecular weight excluding hydrogens is 364 g/mol. The molecule has 0 aliphatic heterocycles. The number of fused-ring (bicyclic) bond motifs is 2. The Morgan fingerprint density at radius 3 is 1.30 bits per heavy atom. The van der Waals surface area contributed by atoms with Crippen LogP contribution in [0.5, 0.6) is 0 Å². The summed E-state index contributed by atoms with van der Waals surface area (Å²) in [7, 11) is 4.12. The van der Waals surface area contributed by atoms with Gasteiger partial charge in [-0.15, -0.1) is 0 Å². The Bertz CT molecular complexity index is 665. The zero-order chi connectivity index (χ0) is 20.6. The van der Waals surface area contributed by atoms with E-state index in [1.54, 1.807) is 0 Å². The molecule has 148 valence electrons. The van der Waals surface area contributed by atoms with E-state index < -0.39 is 77.4 Å². The molecule has 0 saturated heterocycles. The second kappa shape index (κ2) is 7.09. The van der Waals surface area contributed by atoms with Crippen LogP contribution in [-0.2, 0) is 47.7 Å². The molecule has 2 rings (SSSR count). The minimum Gasteiger partial charge on any atom is -0.468 e. The van der Waals surface area contributed by atoms with Crippen molar-refractivity contribution in [3.05, 3.63) is 0 Å². The van der Waals surface area contributed by atoms with Gasteiger partial charge in [0.15, 0.2) is 11.6 Å². The normalized spacial score (nSPS) is 32.3. The fourth-order valence-electron chi connectivity index (χ4n) is 4.15. The van der Waals surface area contributed by atoms with E-state index >= 15 is 0 Å². The topological polar surface area (TPSA) is 139 Å². The molecule has 10 heteroatoms. The third-order valence-electron chi connectivity index (χ3n) is 5.41. The number of ether oxygens (including phenoxy) is 4. The van der Waals surface area contributed by atoms with Gasteiger partial charge in [-0.1, -0.05) is 0 Å². The van der Waals surface area contributed by atoms with E-state index in [0.717, 1.165) is 28.4 Å². The van der Waals surface area contributed by atoms with Crippen LogP contribution in [0.1, 0.15) is 19.3 Å². The summed E-state index contributed by atoms with van der Waals surface area (Å²) < 4.78 is 18.7. The van der Waals surface area contributed by atoms with Crippen LogP contribution in [0.15, 0.2) is 0 Å². The van der Waals surface area contributed by atoms with E-state index in [1.165, 1.54) is 0 Å². The number of hydrogen-bond acceptors (Lipinski definition) is 10. The van der Waals surface area contributed by atoms with Crippen LogP contribution in [-0.4, -0.2) is 63.9 Å². The minimum atomic E-state index is -2.05. The van der Waals surface area contributed by atoms with Crippen LogP contribution >= 0.6 is 0 Å². The summed E-state index contributed by atoms with van der Waals surface area (Å²) in [5, 5.41) is 0. The van der Waals surface area contributed by atoms with E-state index in [9.17, 15) is 28.8 Å². The lowest BCUT2D eigenvalue weighted by atomic mass is 9.48. The van der Waals surface area contributed by atoms with Gasteiger partial charge in [0, 0.05) is 0 Å². The fraction of sp³-hybridized carbons (Fsp3) is 0.647. The average Bonchev–Trinajstić information content (AvgIpc) is 2.69. The van der Waals surface area contributed by atoms with E-state index in [2.05, 4.69) is 9.47 Å². The second-order valence-electron chi connectivity index (χ2n) is 6.61. The largest absolute Gasteiger partial charge is 0.468 e. The Labute approximate surface area is 154 Å². The van der Waals surface area contributed by atoms with E-state index in [4.69, 9.17) is 9.47 Å².